The summed E-state index contributed by atoms with van der Waals surface area (Å²) < 4.78 is 31.4. The lowest BCUT2D eigenvalue weighted by atomic mass is 10.1. The smallest absolute Gasteiger partial charge is 0.416 e. The monoisotopic (exact) mass is 407 g/mol. The second-order valence-corrected chi connectivity index (χ2v) is 7.55. The van der Waals surface area contributed by atoms with Gasteiger partial charge in [0.05, 0.1) is 29.4 Å². The van der Waals surface area contributed by atoms with E-state index in [1.54, 1.807) is 4.90 Å². The van der Waals surface area contributed by atoms with Crippen LogP contribution in [0.15, 0.2) is 10.6 Å². The molecule has 1 aromatic carbocycles. The summed E-state index contributed by atoms with van der Waals surface area (Å²) in [4.78, 5) is 26.9. The molecule has 4 atom stereocenters. The summed E-state index contributed by atoms with van der Waals surface area (Å²) in [5.41, 5.74) is 0.0617. The van der Waals surface area contributed by atoms with Crippen LogP contribution in [0, 0.1) is 5.82 Å². The van der Waals surface area contributed by atoms with Gasteiger partial charge in [-0.1, -0.05) is 5.16 Å². The van der Waals surface area contributed by atoms with Crippen LogP contribution in [0.3, 0.4) is 0 Å². The van der Waals surface area contributed by atoms with Gasteiger partial charge in [0.15, 0.2) is 17.9 Å². The van der Waals surface area contributed by atoms with Gasteiger partial charge in [0.1, 0.15) is 12.6 Å². The van der Waals surface area contributed by atoms with Crippen molar-refractivity contribution in [2.75, 3.05) is 29.5 Å². The lowest BCUT2D eigenvalue weighted by Crippen LogP contribution is -2.46. The highest BCUT2D eigenvalue weighted by Gasteiger charge is 2.41. The molecule has 2 aromatic rings. The van der Waals surface area contributed by atoms with E-state index in [2.05, 4.69) is 5.16 Å². The summed E-state index contributed by atoms with van der Waals surface area (Å²) in [6, 6.07) is 0.751. The summed E-state index contributed by atoms with van der Waals surface area (Å²) in [7, 11) is 0. The van der Waals surface area contributed by atoms with E-state index in [0.29, 0.717) is 19.4 Å². The van der Waals surface area contributed by atoms with Crippen molar-refractivity contribution in [1.29, 1.82) is 0 Å². The van der Waals surface area contributed by atoms with E-state index in [4.69, 9.17) is 14.0 Å². The van der Waals surface area contributed by atoms with Crippen LogP contribution in [0.5, 0.6) is 0 Å². The van der Waals surface area contributed by atoms with Crippen molar-refractivity contribution in [2.45, 2.75) is 45.1 Å². The first-order chi connectivity index (χ1) is 13.8. The molecule has 1 N–H and O–H groups in total. The molecule has 2 aliphatic rings. The Kier molecular flexibility index (Phi) is 4.91. The zero-order valence-corrected chi connectivity index (χ0v) is 16.3. The topological polar surface area (TPSA) is 105 Å². The highest BCUT2D eigenvalue weighted by atomic mass is 19.1. The number of benzene rings is 1. The molecule has 0 aliphatic carbocycles. The molecule has 2 fully saturated rings. The van der Waals surface area contributed by atoms with E-state index in [0.717, 1.165) is 4.90 Å². The summed E-state index contributed by atoms with van der Waals surface area (Å²) in [5, 5.41) is 14.0. The van der Waals surface area contributed by atoms with Crippen LogP contribution in [0.1, 0.15) is 31.1 Å². The molecule has 0 spiro atoms. The fourth-order valence-electron chi connectivity index (χ4n) is 4.02. The van der Waals surface area contributed by atoms with E-state index >= 15 is 4.39 Å². The number of anilines is 2. The number of amides is 1. The fraction of sp³-hybridized carbons (Fsp3) is 0.526. The number of aliphatic hydroxyl groups is 1. The van der Waals surface area contributed by atoms with Crippen molar-refractivity contribution >= 4 is 34.9 Å². The first-order valence-electron chi connectivity index (χ1n) is 9.43. The van der Waals surface area contributed by atoms with Crippen molar-refractivity contribution in [3.05, 3.63) is 17.4 Å². The first-order valence-corrected chi connectivity index (χ1v) is 9.43. The highest BCUT2D eigenvalue weighted by Crippen LogP contribution is 2.38. The van der Waals surface area contributed by atoms with Gasteiger partial charge in [-0.25, -0.2) is 14.1 Å². The lowest BCUT2D eigenvalue weighted by molar-refractivity contribution is -0.00543. The summed E-state index contributed by atoms with van der Waals surface area (Å²) in [6.45, 7) is 6.06. The van der Waals surface area contributed by atoms with E-state index in [1.165, 1.54) is 13.0 Å². The lowest BCUT2D eigenvalue weighted by Gasteiger charge is -2.37. The number of aromatic nitrogens is 1. The first kappa shape index (κ1) is 19.6. The molecule has 0 unspecified atom stereocenters. The largest absolute Gasteiger partial charge is 0.447 e. The Morgan fingerprint density at radius 3 is 2.66 bits per heavy atom. The molecule has 1 amide bonds. The number of nitrogens with zero attached hydrogens (tertiary/aromatic N) is 3. The predicted octanol–water partition coefficient (Wildman–Crippen LogP) is 2.10. The van der Waals surface area contributed by atoms with Gasteiger partial charge in [-0.05, 0) is 26.8 Å². The molecule has 10 heteroatoms. The molecule has 0 saturated carbocycles. The molecule has 3 heterocycles. The number of carbonyl (C=O) groups is 2. The molecular weight excluding hydrogens is 385 g/mol. The minimum atomic E-state index is -0.904. The van der Waals surface area contributed by atoms with Gasteiger partial charge in [-0.15, -0.1) is 0 Å². The van der Waals surface area contributed by atoms with E-state index in [1.807, 2.05) is 13.8 Å². The maximum Gasteiger partial charge on any atom is 0.416 e. The average molecular weight is 407 g/mol. The number of carbonyl (C=O) groups excluding carboxylic acids is 2. The Hall–Kier alpha value is -2.72. The normalized spacial score (nSPS) is 26.1. The van der Waals surface area contributed by atoms with Crippen molar-refractivity contribution in [3.63, 3.8) is 0 Å². The van der Waals surface area contributed by atoms with Crippen LogP contribution in [-0.4, -0.2) is 66.7 Å². The Balaban J connectivity index is 1.83. The van der Waals surface area contributed by atoms with Crippen molar-refractivity contribution in [1.82, 2.24) is 5.16 Å². The van der Waals surface area contributed by atoms with Gasteiger partial charge >= 0.3 is 6.09 Å². The van der Waals surface area contributed by atoms with Gasteiger partial charge in [-0.3, -0.25) is 4.79 Å². The molecule has 156 valence electrons. The van der Waals surface area contributed by atoms with Crippen LogP contribution in [-0.2, 0) is 9.47 Å². The Bertz CT molecular complexity index is 951. The quantitative estimate of drug-likeness (QED) is 0.769. The SMILES string of the molecule is C[C@@H]1CN(c2c(C=O)cc3c(N4C(=O)OC[C@@H]4[C@@H](C)O)noc3c2F)C[C@@H](C)O1. The second kappa shape index (κ2) is 7.27. The van der Waals surface area contributed by atoms with E-state index in [9.17, 15) is 14.7 Å². The molecule has 2 saturated heterocycles. The molecule has 2 aliphatic heterocycles. The Morgan fingerprint density at radius 1 is 1.34 bits per heavy atom. The van der Waals surface area contributed by atoms with Crippen LogP contribution in [0.4, 0.5) is 20.7 Å². The van der Waals surface area contributed by atoms with Gasteiger partial charge in [-0.2, -0.15) is 0 Å². The minimum Gasteiger partial charge on any atom is -0.447 e. The van der Waals surface area contributed by atoms with Crippen LogP contribution < -0.4 is 9.80 Å². The van der Waals surface area contributed by atoms with Gasteiger partial charge in [0.2, 0.25) is 5.58 Å². The summed E-state index contributed by atoms with van der Waals surface area (Å²) in [5.74, 6) is -0.725. The highest BCUT2D eigenvalue weighted by molar-refractivity contribution is 6.03. The maximum absolute atomic E-state index is 15.4. The minimum absolute atomic E-state index is 0.00524. The van der Waals surface area contributed by atoms with E-state index < -0.39 is 24.1 Å². The third-order valence-electron chi connectivity index (χ3n) is 5.24. The number of ether oxygens (including phenoxy) is 2. The number of morpholine rings is 1. The predicted molar refractivity (Wildman–Crippen MR) is 101 cm³/mol. The van der Waals surface area contributed by atoms with Crippen molar-refractivity contribution < 1.29 is 33.1 Å². The number of hydrogen-bond acceptors (Lipinski definition) is 8. The number of aliphatic hydroxyl groups excluding tert-OH is 1. The van der Waals surface area contributed by atoms with Crippen LogP contribution >= 0.6 is 0 Å². The molecule has 4 rings (SSSR count). The number of aldehydes is 1. The zero-order chi connectivity index (χ0) is 20.9. The second-order valence-electron chi connectivity index (χ2n) is 7.55. The zero-order valence-electron chi connectivity index (χ0n) is 16.3. The van der Waals surface area contributed by atoms with E-state index in [-0.39, 0.29) is 46.9 Å². The third-order valence-corrected chi connectivity index (χ3v) is 5.24. The average Bonchev–Trinajstić information content (AvgIpc) is 3.23. The molecule has 0 radical (unpaired) electrons. The Labute approximate surface area is 165 Å². The number of rotatable bonds is 4. The molecule has 29 heavy (non-hydrogen) atoms. The molecular formula is C19H22FN3O6. The third kappa shape index (κ3) is 3.22. The molecule has 1 aromatic heterocycles. The number of cyclic esters (lactones) is 1. The molecule has 0 bridgehead atoms. The van der Waals surface area contributed by atoms with Crippen LogP contribution in [0.2, 0.25) is 0 Å². The van der Waals surface area contributed by atoms with Gasteiger partial charge in [0.25, 0.3) is 0 Å². The number of hydrogen-bond donors (Lipinski definition) is 1. The fourth-order valence-corrected chi connectivity index (χ4v) is 4.02. The standard InChI is InChI=1S/C19H22FN3O6/c1-9-5-22(6-10(2)28-9)16-12(7-24)4-13-17(15(16)20)29-21-18(13)23-14(11(3)25)8-27-19(23)26/h4,7,9-11,14,25H,5-6,8H2,1-3H3/t9-,10-,11-,14-/m1/s1. The summed E-state index contributed by atoms with van der Waals surface area (Å²) in [6.07, 6.45) is -1.33. The Morgan fingerprint density at radius 2 is 2.03 bits per heavy atom. The van der Waals surface area contributed by atoms with Crippen molar-refractivity contribution in [2.24, 2.45) is 0 Å². The number of fused-ring (bicyclic) bond motifs is 1. The number of halogens is 1. The van der Waals surface area contributed by atoms with Crippen molar-refractivity contribution in [3.8, 4) is 0 Å². The maximum atomic E-state index is 15.4. The van der Waals surface area contributed by atoms with Crippen LogP contribution in [0.25, 0.3) is 11.0 Å². The summed E-state index contributed by atoms with van der Waals surface area (Å²) >= 11 is 0. The molecule has 9 nitrogen and oxygen atoms in total. The van der Waals surface area contributed by atoms with Gasteiger partial charge < -0.3 is 24.0 Å². The van der Waals surface area contributed by atoms with Gasteiger partial charge in [0, 0.05) is 18.7 Å².